The first kappa shape index (κ1) is 15.5. The fraction of sp³-hybridized carbons (Fsp3) is 0.571. The summed E-state index contributed by atoms with van der Waals surface area (Å²) in [5, 5.41) is 3.47. The molecule has 1 atom stereocenters. The van der Waals surface area contributed by atoms with E-state index in [1.54, 1.807) is 18.9 Å². The van der Waals surface area contributed by atoms with Crippen LogP contribution < -0.4 is 5.32 Å². The van der Waals surface area contributed by atoms with Crippen LogP contribution in [0.25, 0.3) is 0 Å². The number of thioether (sulfide) groups is 1. The maximum absolute atomic E-state index is 12.8. The number of rotatable bonds is 9. The molecule has 0 radical (unpaired) electrons. The third-order valence-electron chi connectivity index (χ3n) is 2.66. The van der Waals surface area contributed by atoms with Crippen LogP contribution in [-0.2, 0) is 4.74 Å². The number of ether oxygens (including phenoxy) is 1. The Hall–Kier alpha value is -0.580. The first-order chi connectivity index (χ1) is 8.76. The standard InChI is InChI=1S/C14H22FNOS/c1-3-16-13(5-4-10-17-2)11-18-14-8-6-12(15)7-9-14/h6-9,13,16H,3-5,10-11H2,1-2H3. The fourth-order valence-electron chi connectivity index (χ4n) is 1.73. The van der Waals surface area contributed by atoms with Crippen LogP contribution in [0.2, 0.25) is 0 Å². The van der Waals surface area contributed by atoms with Crippen LogP contribution in [0.3, 0.4) is 0 Å². The molecule has 0 saturated heterocycles. The molecule has 0 aliphatic heterocycles. The van der Waals surface area contributed by atoms with Crippen molar-refractivity contribution in [3.05, 3.63) is 30.1 Å². The van der Waals surface area contributed by atoms with Crippen molar-refractivity contribution in [3.8, 4) is 0 Å². The van der Waals surface area contributed by atoms with Crippen LogP contribution in [0, 0.1) is 5.82 Å². The molecule has 0 aromatic heterocycles. The van der Waals surface area contributed by atoms with Crippen molar-refractivity contribution < 1.29 is 9.13 Å². The lowest BCUT2D eigenvalue weighted by atomic mass is 10.2. The van der Waals surface area contributed by atoms with Crippen molar-refractivity contribution in [2.75, 3.05) is 26.0 Å². The van der Waals surface area contributed by atoms with E-state index >= 15 is 0 Å². The summed E-state index contributed by atoms with van der Waals surface area (Å²) in [6.45, 7) is 3.90. The molecule has 18 heavy (non-hydrogen) atoms. The second kappa shape index (κ2) is 9.36. The molecule has 0 aliphatic rings. The summed E-state index contributed by atoms with van der Waals surface area (Å²) in [6.07, 6.45) is 2.17. The molecule has 1 unspecified atom stereocenters. The second-order valence-electron chi connectivity index (χ2n) is 4.15. The Morgan fingerprint density at radius 1 is 1.33 bits per heavy atom. The molecule has 1 aromatic carbocycles. The summed E-state index contributed by atoms with van der Waals surface area (Å²) in [5.41, 5.74) is 0. The molecule has 2 nitrogen and oxygen atoms in total. The molecule has 1 rings (SSSR count). The minimum Gasteiger partial charge on any atom is -0.385 e. The second-order valence-corrected chi connectivity index (χ2v) is 5.25. The van der Waals surface area contributed by atoms with E-state index in [9.17, 15) is 4.39 Å². The van der Waals surface area contributed by atoms with Crippen molar-refractivity contribution >= 4 is 11.8 Å². The summed E-state index contributed by atoms with van der Waals surface area (Å²) < 4.78 is 17.8. The monoisotopic (exact) mass is 271 g/mol. The van der Waals surface area contributed by atoms with Crippen molar-refractivity contribution in [3.63, 3.8) is 0 Å². The minimum atomic E-state index is -0.178. The SMILES string of the molecule is CCNC(CCCOC)CSc1ccc(F)cc1. The summed E-state index contributed by atoms with van der Waals surface area (Å²) in [5.74, 6) is 0.825. The van der Waals surface area contributed by atoms with E-state index in [2.05, 4.69) is 12.2 Å². The molecule has 0 spiro atoms. The van der Waals surface area contributed by atoms with Gasteiger partial charge in [0.05, 0.1) is 0 Å². The highest BCUT2D eigenvalue weighted by atomic mass is 32.2. The van der Waals surface area contributed by atoms with Crippen LogP contribution in [-0.4, -0.2) is 32.1 Å². The van der Waals surface area contributed by atoms with Crippen molar-refractivity contribution in [1.82, 2.24) is 5.32 Å². The maximum Gasteiger partial charge on any atom is 0.123 e. The average Bonchev–Trinajstić information content (AvgIpc) is 2.38. The smallest absolute Gasteiger partial charge is 0.123 e. The average molecular weight is 271 g/mol. The van der Waals surface area contributed by atoms with Gasteiger partial charge in [-0.25, -0.2) is 4.39 Å². The first-order valence-corrected chi connectivity index (χ1v) is 7.35. The summed E-state index contributed by atoms with van der Waals surface area (Å²) in [7, 11) is 1.73. The largest absolute Gasteiger partial charge is 0.385 e. The lowest BCUT2D eigenvalue weighted by molar-refractivity contribution is 0.190. The van der Waals surface area contributed by atoms with Gasteiger partial charge in [0.15, 0.2) is 0 Å². The Morgan fingerprint density at radius 2 is 2.06 bits per heavy atom. The van der Waals surface area contributed by atoms with Gasteiger partial charge in [0.2, 0.25) is 0 Å². The molecule has 1 aromatic rings. The van der Waals surface area contributed by atoms with Gasteiger partial charge >= 0.3 is 0 Å². The van der Waals surface area contributed by atoms with Crippen LogP contribution in [0.1, 0.15) is 19.8 Å². The zero-order valence-corrected chi connectivity index (χ0v) is 11.9. The molecule has 0 heterocycles. The van der Waals surface area contributed by atoms with Gasteiger partial charge in [-0.1, -0.05) is 6.92 Å². The maximum atomic E-state index is 12.8. The van der Waals surface area contributed by atoms with Crippen LogP contribution in [0.5, 0.6) is 0 Å². The Labute approximate surface area is 113 Å². The predicted molar refractivity (Wildman–Crippen MR) is 75.7 cm³/mol. The molecular formula is C14H22FNOS. The number of hydrogen-bond donors (Lipinski definition) is 1. The van der Waals surface area contributed by atoms with Crippen LogP contribution in [0.15, 0.2) is 29.2 Å². The van der Waals surface area contributed by atoms with Crippen molar-refractivity contribution in [1.29, 1.82) is 0 Å². The molecule has 0 amide bonds. The van der Waals surface area contributed by atoms with Gasteiger partial charge < -0.3 is 10.1 Å². The summed E-state index contributed by atoms with van der Waals surface area (Å²) in [6, 6.07) is 7.17. The number of halogens is 1. The molecule has 102 valence electrons. The van der Waals surface area contributed by atoms with Gasteiger partial charge in [-0.15, -0.1) is 11.8 Å². The van der Waals surface area contributed by atoms with Gasteiger partial charge in [0.1, 0.15) is 5.82 Å². The van der Waals surface area contributed by atoms with Gasteiger partial charge in [-0.05, 0) is 43.7 Å². The molecule has 1 N–H and O–H groups in total. The number of hydrogen-bond acceptors (Lipinski definition) is 3. The molecule has 0 fully saturated rings. The minimum absolute atomic E-state index is 0.178. The Morgan fingerprint density at radius 3 is 2.67 bits per heavy atom. The number of benzene rings is 1. The number of methoxy groups -OCH3 is 1. The van der Waals surface area contributed by atoms with E-state index in [0.717, 1.165) is 36.6 Å². The van der Waals surface area contributed by atoms with Crippen LogP contribution in [0.4, 0.5) is 4.39 Å². The Bertz CT molecular complexity index is 318. The van der Waals surface area contributed by atoms with Crippen molar-refractivity contribution in [2.24, 2.45) is 0 Å². The van der Waals surface area contributed by atoms with Gasteiger partial charge in [-0.3, -0.25) is 0 Å². The Balaban J connectivity index is 2.33. The molecular weight excluding hydrogens is 249 g/mol. The first-order valence-electron chi connectivity index (χ1n) is 6.37. The van der Waals surface area contributed by atoms with Gasteiger partial charge in [0, 0.05) is 30.4 Å². The van der Waals surface area contributed by atoms with E-state index in [-0.39, 0.29) is 5.82 Å². The number of nitrogens with one attached hydrogen (secondary N) is 1. The molecule has 0 aliphatic carbocycles. The fourth-order valence-corrected chi connectivity index (χ4v) is 2.74. The zero-order chi connectivity index (χ0) is 13.2. The van der Waals surface area contributed by atoms with Crippen LogP contribution >= 0.6 is 11.8 Å². The van der Waals surface area contributed by atoms with Gasteiger partial charge in [0.25, 0.3) is 0 Å². The summed E-state index contributed by atoms with van der Waals surface area (Å²) in [4.78, 5) is 1.12. The van der Waals surface area contributed by atoms with E-state index < -0.39 is 0 Å². The topological polar surface area (TPSA) is 21.3 Å². The highest BCUT2D eigenvalue weighted by Crippen LogP contribution is 2.20. The van der Waals surface area contributed by atoms with E-state index in [1.165, 1.54) is 12.1 Å². The van der Waals surface area contributed by atoms with E-state index in [0.29, 0.717) is 6.04 Å². The molecule has 0 saturated carbocycles. The quantitative estimate of drug-likeness (QED) is 0.550. The zero-order valence-electron chi connectivity index (χ0n) is 11.1. The van der Waals surface area contributed by atoms with E-state index in [1.807, 2.05) is 12.1 Å². The normalized spacial score (nSPS) is 12.6. The lowest BCUT2D eigenvalue weighted by Gasteiger charge is -2.17. The predicted octanol–water partition coefficient (Wildman–Crippen LogP) is 3.32. The van der Waals surface area contributed by atoms with Gasteiger partial charge in [-0.2, -0.15) is 0 Å². The van der Waals surface area contributed by atoms with E-state index in [4.69, 9.17) is 4.74 Å². The molecule has 0 bridgehead atoms. The third kappa shape index (κ3) is 6.38. The highest BCUT2D eigenvalue weighted by Gasteiger charge is 2.07. The lowest BCUT2D eigenvalue weighted by Crippen LogP contribution is -2.31. The Kier molecular flexibility index (Phi) is 8.05. The van der Waals surface area contributed by atoms with Crippen molar-refractivity contribution in [2.45, 2.75) is 30.7 Å². The molecule has 4 heteroatoms. The third-order valence-corrected chi connectivity index (χ3v) is 3.83. The summed E-state index contributed by atoms with van der Waals surface area (Å²) >= 11 is 1.77. The highest BCUT2D eigenvalue weighted by molar-refractivity contribution is 7.99.